The zero-order valence-electron chi connectivity index (χ0n) is 12.2. The lowest BCUT2D eigenvalue weighted by Crippen LogP contribution is -2.51. The van der Waals surface area contributed by atoms with Crippen molar-refractivity contribution in [2.45, 2.75) is 25.1 Å². The van der Waals surface area contributed by atoms with Crippen molar-refractivity contribution in [3.63, 3.8) is 0 Å². The summed E-state index contributed by atoms with van der Waals surface area (Å²) >= 11 is 0. The molecule has 0 spiro atoms. The quantitative estimate of drug-likeness (QED) is 0.787. The predicted molar refractivity (Wildman–Crippen MR) is 82.0 cm³/mol. The van der Waals surface area contributed by atoms with Gasteiger partial charge in [-0.1, -0.05) is 12.1 Å². The number of nitrogens with one attached hydrogen (secondary N) is 1. The molecule has 1 aromatic heterocycles. The molecule has 2 aromatic rings. The summed E-state index contributed by atoms with van der Waals surface area (Å²) in [7, 11) is 1.73. The van der Waals surface area contributed by atoms with E-state index in [1.54, 1.807) is 7.11 Å². The number of ether oxygens (including phenoxy) is 1. The summed E-state index contributed by atoms with van der Waals surface area (Å²) in [6.45, 7) is 2.69. The minimum absolute atomic E-state index is 0. The maximum absolute atomic E-state index is 6.03. The maximum Gasteiger partial charge on any atom is 0.121 e. The normalized spacial score (nSPS) is 22.6. The SMILES string of the molecule is CO[C@@H]1CN(Cc2nc3ccccc3[nH]2)CC[C@@H]1N.O.O. The monoisotopic (exact) mass is 296 g/mol. The number of rotatable bonds is 3. The fourth-order valence-corrected chi connectivity index (χ4v) is 2.68. The van der Waals surface area contributed by atoms with Crippen LogP contribution in [0.25, 0.3) is 11.0 Å². The van der Waals surface area contributed by atoms with Gasteiger partial charge in [0.05, 0.1) is 23.7 Å². The molecule has 0 bridgehead atoms. The molecule has 7 heteroatoms. The van der Waals surface area contributed by atoms with Crippen molar-refractivity contribution >= 4 is 11.0 Å². The van der Waals surface area contributed by atoms with Gasteiger partial charge >= 0.3 is 0 Å². The molecule has 1 aromatic carbocycles. The lowest BCUT2D eigenvalue weighted by molar-refractivity contribution is 0.0133. The molecular formula is C14H24N4O3. The van der Waals surface area contributed by atoms with E-state index in [1.165, 1.54) is 0 Å². The van der Waals surface area contributed by atoms with Gasteiger partial charge in [-0.15, -0.1) is 0 Å². The molecule has 21 heavy (non-hydrogen) atoms. The van der Waals surface area contributed by atoms with Crippen molar-refractivity contribution in [1.29, 1.82) is 0 Å². The molecule has 0 unspecified atom stereocenters. The van der Waals surface area contributed by atoms with E-state index in [2.05, 4.69) is 20.9 Å². The van der Waals surface area contributed by atoms with Crippen LogP contribution in [0.3, 0.4) is 0 Å². The van der Waals surface area contributed by atoms with Crippen LogP contribution in [0.4, 0.5) is 0 Å². The van der Waals surface area contributed by atoms with Crippen LogP contribution in [0, 0.1) is 0 Å². The number of H-pyrrole nitrogens is 1. The van der Waals surface area contributed by atoms with Gasteiger partial charge in [-0.25, -0.2) is 4.98 Å². The average Bonchev–Trinajstić information content (AvgIpc) is 2.83. The first-order valence-electron chi connectivity index (χ1n) is 6.70. The number of hydrogen-bond donors (Lipinski definition) is 2. The van der Waals surface area contributed by atoms with Crippen molar-refractivity contribution < 1.29 is 15.7 Å². The topological polar surface area (TPSA) is 130 Å². The van der Waals surface area contributed by atoms with Crippen molar-refractivity contribution in [3.05, 3.63) is 30.1 Å². The highest BCUT2D eigenvalue weighted by Gasteiger charge is 2.26. The molecule has 0 saturated carbocycles. The number of para-hydroxylation sites is 2. The molecule has 0 amide bonds. The summed E-state index contributed by atoms with van der Waals surface area (Å²) in [5, 5.41) is 0. The number of nitrogens with two attached hydrogens (primary N) is 1. The first-order valence-corrected chi connectivity index (χ1v) is 6.70. The highest BCUT2D eigenvalue weighted by atomic mass is 16.5. The minimum Gasteiger partial charge on any atom is -0.412 e. The molecule has 7 N–H and O–H groups in total. The Morgan fingerprint density at radius 2 is 2.14 bits per heavy atom. The predicted octanol–water partition coefficient (Wildman–Crippen LogP) is -0.538. The third kappa shape index (κ3) is 3.78. The minimum atomic E-state index is 0. The molecule has 0 radical (unpaired) electrons. The third-order valence-corrected chi connectivity index (χ3v) is 3.81. The van der Waals surface area contributed by atoms with Crippen molar-refractivity contribution in [2.75, 3.05) is 20.2 Å². The first-order chi connectivity index (χ1) is 9.26. The fraction of sp³-hybridized carbons (Fsp3) is 0.500. The number of aromatic nitrogens is 2. The molecule has 7 nitrogen and oxygen atoms in total. The number of likely N-dealkylation sites (tertiary alicyclic amines) is 1. The second-order valence-electron chi connectivity index (χ2n) is 5.16. The number of imidazole rings is 1. The van der Waals surface area contributed by atoms with Gasteiger partial charge in [-0.2, -0.15) is 0 Å². The van der Waals surface area contributed by atoms with E-state index in [4.69, 9.17) is 10.5 Å². The highest BCUT2D eigenvalue weighted by Crippen LogP contribution is 2.16. The summed E-state index contributed by atoms with van der Waals surface area (Å²) in [4.78, 5) is 10.3. The van der Waals surface area contributed by atoms with Gasteiger partial charge in [-0.3, -0.25) is 4.90 Å². The van der Waals surface area contributed by atoms with Gasteiger partial charge in [0.25, 0.3) is 0 Å². The number of piperidine rings is 1. The van der Waals surface area contributed by atoms with Gasteiger partial charge in [0, 0.05) is 26.2 Å². The number of aromatic amines is 1. The molecular weight excluding hydrogens is 272 g/mol. The molecule has 118 valence electrons. The van der Waals surface area contributed by atoms with Gasteiger partial charge in [-0.05, 0) is 18.6 Å². The second kappa shape index (κ2) is 7.48. The highest BCUT2D eigenvalue weighted by molar-refractivity contribution is 5.74. The Hall–Kier alpha value is -1.51. The van der Waals surface area contributed by atoms with Crippen molar-refractivity contribution in [2.24, 2.45) is 5.73 Å². The van der Waals surface area contributed by atoms with E-state index < -0.39 is 0 Å². The summed E-state index contributed by atoms with van der Waals surface area (Å²) in [5.74, 6) is 1.01. The summed E-state index contributed by atoms with van der Waals surface area (Å²) in [6.07, 6.45) is 1.09. The van der Waals surface area contributed by atoms with E-state index in [1.807, 2.05) is 18.2 Å². The van der Waals surface area contributed by atoms with E-state index >= 15 is 0 Å². The van der Waals surface area contributed by atoms with Crippen LogP contribution < -0.4 is 5.73 Å². The first kappa shape index (κ1) is 17.5. The maximum atomic E-state index is 6.03. The molecule has 1 saturated heterocycles. The van der Waals surface area contributed by atoms with Gasteiger partial charge < -0.3 is 26.4 Å². The standard InChI is InChI=1S/C14H20N4O.2H2O/c1-19-13-8-18(7-6-10(13)15)9-14-16-11-4-2-3-5-12(11)17-14;;/h2-5,10,13H,6-9,15H2,1H3,(H,16,17);2*1H2/t10-,13+;;/m0../s1. The Balaban J connectivity index is 0.00000110. The third-order valence-electron chi connectivity index (χ3n) is 3.81. The van der Waals surface area contributed by atoms with Crippen LogP contribution in [0.1, 0.15) is 12.2 Å². The zero-order valence-corrected chi connectivity index (χ0v) is 12.2. The number of nitrogens with zero attached hydrogens (tertiary/aromatic N) is 2. The van der Waals surface area contributed by atoms with Crippen molar-refractivity contribution in [3.8, 4) is 0 Å². The number of fused-ring (bicyclic) bond motifs is 1. The molecule has 2 heterocycles. The number of benzene rings is 1. The number of methoxy groups -OCH3 is 1. The Morgan fingerprint density at radius 1 is 1.38 bits per heavy atom. The summed E-state index contributed by atoms with van der Waals surface area (Å²) in [5.41, 5.74) is 8.15. The average molecular weight is 296 g/mol. The van der Waals surface area contributed by atoms with Gasteiger partial charge in [0.2, 0.25) is 0 Å². The molecule has 1 aliphatic heterocycles. The molecule has 2 atom stereocenters. The molecule has 1 fully saturated rings. The molecule has 3 rings (SSSR count). The lowest BCUT2D eigenvalue weighted by Gasteiger charge is -2.35. The van der Waals surface area contributed by atoms with Crippen LogP contribution in [0.5, 0.6) is 0 Å². The molecule has 1 aliphatic rings. The van der Waals surface area contributed by atoms with E-state index in [9.17, 15) is 0 Å². The summed E-state index contributed by atoms with van der Waals surface area (Å²) in [6, 6.07) is 8.26. The van der Waals surface area contributed by atoms with Crippen molar-refractivity contribution in [1.82, 2.24) is 14.9 Å². The number of hydrogen-bond acceptors (Lipinski definition) is 4. The van der Waals surface area contributed by atoms with Crippen LogP contribution in [-0.4, -0.2) is 58.2 Å². The Labute approximate surface area is 123 Å². The molecule has 0 aliphatic carbocycles. The Kier molecular flexibility index (Phi) is 6.25. The van der Waals surface area contributed by atoms with E-state index in [0.717, 1.165) is 42.9 Å². The van der Waals surface area contributed by atoms with Crippen LogP contribution >= 0.6 is 0 Å². The van der Waals surface area contributed by atoms with Gasteiger partial charge in [0.1, 0.15) is 5.82 Å². The van der Waals surface area contributed by atoms with E-state index in [-0.39, 0.29) is 23.1 Å². The largest absolute Gasteiger partial charge is 0.412 e. The van der Waals surface area contributed by atoms with Crippen LogP contribution in [-0.2, 0) is 11.3 Å². The van der Waals surface area contributed by atoms with Crippen LogP contribution in [0.15, 0.2) is 24.3 Å². The van der Waals surface area contributed by atoms with Gasteiger partial charge in [0.15, 0.2) is 0 Å². The summed E-state index contributed by atoms with van der Waals surface area (Å²) < 4.78 is 5.43. The lowest BCUT2D eigenvalue weighted by atomic mass is 10.0. The zero-order chi connectivity index (χ0) is 13.2. The Morgan fingerprint density at radius 3 is 2.86 bits per heavy atom. The smallest absolute Gasteiger partial charge is 0.121 e. The van der Waals surface area contributed by atoms with Crippen LogP contribution in [0.2, 0.25) is 0 Å². The Bertz CT molecular complexity index is 527. The fourth-order valence-electron chi connectivity index (χ4n) is 2.68. The van der Waals surface area contributed by atoms with E-state index in [0.29, 0.717) is 0 Å². The second-order valence-corrected chi connectivity index (χ2v) is 5.16.